The third-order valence-corrected chi connectivity index (χ3v) is 8.53. The van der Waals surface area contributed by atoms with Crippen LogP contribution in [-0.4, -0.2) is 59.4 Å². The highest BCUT2D eigenvalue weighted by atomic mass is 16.5. The number of aromatic amines is 1. The standard InChI is InChI=1S/C30H35N3O4/c1-36-25-15-14-19(16-26(25)37-2)29-28-22(21-12-8-9-13-23(21)31-28)17-24-30(35)32(18-27(34)33(24)29)20-10-6-4-3-5-7-11-20/h8-9,12-16,20,24,29,31H,3-7,10-11,17-18H2,1-2H3/t24-,29-/m0/s1. The fourth-order valence-corrected chi connectivity index (χ4v) is 6.71. The molecule has 2 atom stereocenters. The van der Waals surface area contributed by atoms with Gasteiger partial charge in [0.1, 0.15) is 12.6 Å². The van der Waals surface area contributed by atoms with Crippen LogP contribution in [0, 0.1) is 0 Å². The Morgan fingerprint density at radius 2 is 1.62 bits per heavy atom. The van der Waals surface area contributed by atoms with Gasteiger partial charge >= 0.3 is 0 Å². The summed E-state index contributed by atoms with van der Waals surface area (Å²) in [6.45, 7) is 0.152. The number of aromatic nitrogens is 1. The Hall–Kier alpha value is -3.48. The van der Waals surface area contributed by atoms with Gasteiger partial charge in [-0.25, -0.2) is 0 Å². The van der Waals surface area contributed by atoms with Gasteiger partial charge in [0.05, 0.1) is 20.3 Å². The quantitative estimate of drug-likeness (QED) is 0.547. The number of hydrogen-bond donors (Lipinski definition) is 1. The van der Waals surface area contributed by atoms with Crippen molar-refractivity contribution in [2.75, 3.05) is 20.8 Å². The Bertz CT molecular complexity index is 1320. The Kier molecular flexibility index (Phi) is 6.31. The van der Waals surface area contributed by atoms with Crippen LogP contribution in [-0.2, 0) is 16.0 Å². The van der Waals surface area contributed by atoms with E-state index < -0.39 is 12.1 Å². The molecule has 3 heterocycles. The molecule has 1 aliphatic carbocycles. The maximum Gasteiger partial charge on any atom is 0.246 e. The van der Waals surface area contributed by atoms with Gasteiger partial charge in [0.15, 0.2) is 11.5 Å². The van der Waals surface area contributed by atoms with Crippen LogP contribution in [0.3, 0.4) is 0 Å². The van der Waals surface area contributed by atoms with Gasteiger partial charge in [0.25, 0.3) is 0 Å². The van der Waals surface area contributed by atoms with E-state index in [2.05, 4.69) is 17.1 Å². The van der Waals surface area contributed by atoms with Crippen molar-refractivity contribution in [3.63, 3.8) is 0 Å². The number of amides is 2. The maximum atomic E-state index is 14.1. The van der Waals surface area contributed by atoms with Crippen LogP contribution in [0.5, 0.6) is 11.5 Å². The zero-order valence-electron chi connectivity index (χ0n) is 21.7. The number of benzene rings is 2. The summed E-state index contributed by atoms with van der Waals surface area (Å²) >= 11 is 0. The molecule has 1 saturated carbocycles. The van der Waals surface area contributed by atoms with E-state index in [1.54, 1.807) is 14.2 Å². The number of nitrogens with one attached hydrogen (secondary N) is 1. The third kappa shape index (κ3) is 4.05. The largest absolute Gasteiger partial charge is 0.493 e. The first-order valence-electron chi connectivity index (χ1n) is 13.5. The van der Waals surface area contributed by atoms with Crippen molar-refractivity contribution in [2.45, 2.75) is 69.5 Å². The van der Waals surface area contributed by atoms with E-state index in [0.29, 0.717) is 17.9 Å². The van der Waals surface area contributed by atoms with Crippen LogP contribution in [0.2, 0.25) is 0 Å². The van der Waals surface area contributed by atoms with E-state index in [9.17, 15) is 9.59 Å². The summed E-state index contributed by atoms with van der Waals surface area (Å²) in [5.74, 6) is 1.33. The van der Waals surface area contributed by atoms with Gasteiger partial charge in [0.2, 0.25) is 11.8 Å². The van der Waals surface area contributed by atoms with Gasteiger partial charge in [-0.15, -0.1) is 0 Å². The summed E-state index contributed by atoms with van der Waals surface area (Å²) in [6, 6.07) is 13.2. The number of para-hydroxylation sites is 1. The first-order chi connectivity index (χ1) is 18.1. The molecule has 3 aliphatic rings. The summed E-state index contributed by atoms with van der Waals surface area (Å²) in [6.07, 6.45) is 8.44. The first-order valence-corrected chi connectivity index (χ1v) is 13.5. The van der Waals surface area contributed by atoms with Crippen molar-refractivity contribution in [2.24, 2.45) is 0 Å². The van der Waals surface area contributed by atoms with Gasteiger partial charge in [-0.1, -0.05) is 56.4 Å². The molecule has 2 aliphatic heterocycles. The van der Waals surface area contributed by atoms with Gasteiger partial charge in [-0.05, 0) is 42.2 Å². The van der Waals surface area contributed by atoms with Crippen LogP contribution in [0.15, 0.2) is 42.5 Å². The number of hydrogen-bond acceptors (Lipinski definition) is 4. The minimum atomic E-state index is -0.517. The summed E-state index contributed by atoms with van der Waals surface area (Å²) in [7, 11) is 3.23. The normalized spacial score (nSPS) is 22.9. The number of carbonyl (C=O) groups excluding carboxylic acids is 2. The lowest BCUT2D eigenvalue weighted by Crippen LogP contribution is -2.64. The molecule has 37 heavy (non-hydrogen) atoms. The molecule has 6 rings (SSSR count). The molecule has 1 aromatic heterocycles. The van der Waals surface area contributed by atoms with E-state index in [1.807, 2.05) is 40.1 Å². The van der Waals surface area contributed by atoms with Crippen molar-refractivity contribution in [1.29, 1.82) is 0 Å². The average Bonchev–Trinajstić information content (AvgIpc) is 3.27. The van der Waals surface area contributed by atoms with E-state index in [-0.39, 0.29) is 24.4 Å². The summed E-state index contributed by atoms with van der Waals surface area (Å²) in [4.78, 5) is 35.4. The van der Waals surface area contributed by atoms with E-state index in [1.165, 1.54) is 19.3 Å². The summed E-state index contributed by atoms with van der Waals surface area (Å²) in [5.41, 5.74) is 4.02. The van der Waals surface area contributed by atoms with Crippen molar-refractivity contribution in [3.05, 3.63) is 59.3 Å². The van der Waals surface area contributed by atoms with E-state index in [4.69, 9.17) is 9.47 Å². The minimum absolute atomic E-state index is 0.00995. The zero-order chi connectivity index (χ0) is 25.5. The van der Waals surface area contributed by atoms with Gasteiger partial charge in [0, 0.05) is 29.1 Å². The molecular formula is C30H35N3O4. The average molecular weight is 502 g/mol. The SMILES string of the molecule is COc1ccc([C@H]2c3[nH]c4ccccc4c3C[C@H]3C(=O)N(C4CCCCCCC4)CC(=O)N23)cc1OC. The molecule has 194 valence electrons. The molecule has 0 unspecified atom stereocenters. The van der Waals surface area contributed by atoms with Crippen molar-refractivity contribution in [1.82, 2.24) is 14.8 Å². The van der Waals surface area contributed by atoms with E-state index in [0.717, 1.165) is 53.4 Å². The van der Waals surface area contributed by atoms with Crippen LogP contribution < -0.4 is 9.47 Å². The fraction of sp³-hybridized carbons (Fsp3) is 0.467. The topological polar surface area (TPSA) is 74.9 Å². The molecule has 0 radical (unpaired) electrons. The number of rotatable bonds is 4. The Labute approximate surface area is 217 Å². The lowest BCUT2D eigenvalue weighted by molar-refractivity contribution is -0.161. The second kappa shape index (κ2) is 9.77. The second-order valence-electron chi connectivity index (χ2n) is 10.6. The highest BCUT2D eigenvalue weighted by Crippen LogP contribution is 2.44. The smallest absolute Gasteiger partial charge is 0.246 e. The van der Waals surface area contributed by atoms with Gasteiger partial charge < -0.3 is 24.3 Å². The molecule has 3 aromatic rings. The number of fused-ring (bicyclic) bond motifs is 4. The molecule has 7 heteroatoms. The predicted molar refractivity (Wildman–Crippen MR) is 142 cm³/mol. The Balaban J connectivity index is 1.45. The van der Waals surface area contributed by atoms with Crippen LogP contribution in [0.4, 0.5) is 0 Å². The minimum Gasteiger partial charge on any atom is -0.493 e. The molecule has 2 amide bonds. The molecule has 1 N–H and O–H groups in total. The number of carbonyl (C=O) groups is 2. The van der Waals surface area contributed by atoms with E-state index >= 15 is 0 Å². The molecule has 0 bridgehead atoms. The number of methoxy groups -OCH3 is 2. The lowest BCUT2D eigenvalue weighted by atomic mass is 9.85. The molecule has 0 spiro atoms. The summed E-state index contributed by atoms with van der Waals surface area (Å²) < 4.78 is 11.1. The second-order valence-corrected chi connectivity index (χ2v) is 10.6. The molecule has 2 fully saturated rings. The van der Waals surface area contributed by atoms with Crippen LogP contribution in [0.1, 0.15) is 67.8 Å². The Morgan fingerprint density at radius 1 is 0.892 bits per heavy atom. The number of piperazine rings is 1. The highest BCUT2D eigenvalue weighted by Gasteiger charge is 2.49. The van der Waals surface area contributed by atoms with Gasteiger partial charge in [-0.3, -0.25) is 9.59 Å². The van der Waals surface area contributed by atoms with Crippen molar-refractivity contribution < 1.29 is 19.1 Å². The predicted octanol–water partition coefficient (Wildman–Crippen LogP) is 4.98. The zero-order valence-corrected chi connectivity index (χ0v) is 21.7. The fourth-order valence-electron chi connectivity index (χ4n) is 6.71. The van der Waals surface area contributed by atoms with Crippen molar-refractivity contribution >= 4 is 22.7 Å². The third-order valence-electron chi connectivity index (χ3n) is 8.53. The summed E-state index contributed by atoms with van der Waals surface area (Å²) in [5, 5.41) is 1.12. The van der Waals surface area contributed by atoms with Crippen LogP contribution in [0.25, 0.3) is 10.9 Å². The van der Waals surface area contributed by atoms with Crippen LogP contribution >= 0.6 is 0 Å². The lowest BCUT2D eigenvalue weighted by Gasteiger charge is -2.49. The van der Waals surface area contributed by atoms with Gasteiger partial charge in [-0.2, -0.15) is 0 Å². The first kappa shape index (κ1) is 23.9. The molecule has 2 aromatic carbocycles. The monoisotopic (exact) mass is 501 g/mol. The number of nitrogens with zero attached hydrogens (tertiary/aromatic N) is 2. The maximum absolute atomic E-state index is 14.1. The molecule has 1 saturated heterocycles. The molecular weight excluding hydrogens is 466 g/mol. The highest BCUT2D eigenvalue weighted by molar-refractivity contribution is 5.98. The van der Waals surface area contributed by atoms with Crippen molar-refractivity contribution in [3.8, 4) is 11.5 Å². The Morgan fingerprint density at radius 3 is 2.38 bits per heavy atom. The number of H-pyrrole nitrogens is 1. The number of ether oxygens (including phenoxy) is 2. The molecule has 7 nitrogen and oxygen atoms in total.